The molecule has 1 heterocycles. The molecule has 1 aliphatic heterocycles. The number of anilines is 2. The third kappa shape index (κ3) is 4.19. The van der Waals surface area contributed by atoms with Gasteiger partial charge in [0.2, 0.25) is 5.91 Å². The minimum Gasteiger partial charge on any atom is -0.378 e. The van der Waals surface area contributed by atoms with Gasteiger partial charge in [0, 0.05) is 32.1 Å². The highest BCUT2D eigenvalue weighted by molar-refractivity contribution is 5.94. The Bertz CT molecular complexity index is 482. The summed E-state index contributed by atoms with van der Waals surface area (Å²) in [5.74, 6) is 0.0730. The Kier molecular flexibility index (Phi) is 4.72. The molecule has 0 atom stereocenters. The van der Waals surface area contributed by atoms with Crippen LogP contribution >= 0.6 is 0 Å². The number of benzene rings is 1. The maximum Gasteiger partial charge on any atom is 0.225 e. The highest BCUT2D eigenvalue weighted by Gasteiger charge is 2.20. The number of morpholine rings is 1. The summed E-state index contributed by atoms with van der Waals surface area (Å²) in [6.07, 6.45) is 3.02. The van der Waals surface area contributed by atoms with E-state index in [0.29, 0.717) is 12.5 Å². The Labute approximate surface area is 125 Å². The Balaban J connectivity index is 1.56. The van der Waals surface area contributed by atoms with Gasteiger partial charge < -0.3 is 20.3 Å². The zero-order valence-corrected chi connectivity index (χ0v) is 12.3. The monoisotopic (exact) mass is 289 g/mol. The lowest BCUT2D eigenvalue weighted by molar-refractivity contribution is -0.116. The van der Waals surface area contributed by atoms with E-state index >= 15 is 0 Å². The summed E-state index contributed by atoms with van der Waals surface area (Å²) in [5, 5.41) is 6.40. The average Bonchev–Trinajstić information content (AvgIpc) is 3.33. The molecule has 2 aliphatic rings. The van der Waals surface area contributed by atoms with Crippen molar-refractivity contribution in [2.24, 2.45) is 0 Å². The van der Waals surface area contributed by atoms with Gasteiger partial charge in [0.1, 0.15) is 0 Å². The van der Waals surface area contributed by atoms with Crippen molar-refractivity contribution in [1.29, 1.82) is 0 Å². The third-order valence-corrected chi connectivity index (χ3v) is 3.89. The van der Waals surface area contributed by atoms with Crippen LogP contribution < -0.4 is 15.5 Å². The SMILES string of the molecule is O=C(CCNC1CC1)Nc1ccccc1N1CCOCC1. The normalized spacial score (nSPS) is 18.6. The van der Waals surface area contributed by atoms with Crippen molar-refractivity contribution < 1.29 is 9.53 Å². The van der Waals surface area contributed by atoms with Crippen LogP contribution in [0.2, 0.25) is 0 Å². The standard InChI is InChI=1S/C16H23N3O2/c20-16(7-8-17-13-5-6-13)18-14-3-1-2-4-15(14)19-9-11-21-12-10-19/h1-4,13,17H,5-12H2,(H,18,20). The molecule has 5 nitrogen and oxygen atoms in total. The Morgan fingerprint density at radius 3 is 2.76 bits per heavy atom. The van der Waals surface area contributed by atoms with Crippen molar-refractivity contribution in [1.82, 2.24) is 5.32 Å². The smallest absolute Gasteiger partial charge is 0.225 e. The zero-order valence-electron chi connectivity index (χ0n) is 12.3. The molecular formula is C16H23N3O2. The molecule has 1 aromatic rings. The molecule has 0 bridgehead atoms. The van der Waals surface area contributed by atoms with Gasteiger partial charge in [-0.05, 0) is 25.0 Å². The van der Waals surface area contributed by atoms with Gasteiger partial charge in [-0.15, -0.1) is 0 Å². The number of hydrogen-bond acceptors (Lipinski definition) is 4. The number of amides is 1. The van der Waals surface area contributed by atoms with Crippen LogP contribution in [0.5, 0.6) is 0 Å². The summed E-state index contributed by atoms with van der Waals surface area (Å²) in [5.41, 5.74) is 1.99. The number of carbonyl (C=O) groups is 1. The molecule has 2 fully saturated rings. The van der Waals surface area contributed by atoms with Crippen LogP contribution in [-0.2, 0) is 9.53 Å². The first-order valence-electron chi connectivity index (χ1n) is 7.78. The van der Waals surface area contributed by atoms with E-state index in [1.807, 2.05) is 18.2 Å². The lowest BCUT2D eigenvalue weighted by Crippen LogP contribution is -2.36. The molecule has 3 rings (SSSR count). The number of nitrogens with zero attached hydrogens (tertiary/aromatic N) is 1. The molecule has 0 aromatic heterocycles. The molecule has 2 N–H and O–H groups in total. The van der Waals surface area contributed by atoms with Crippen molar-refractivity contribution >= 4 is 17.3 Å². The topological polar surface area (TPSA) is 53.6 Å². The minimum atomic E-state index is 0.0730. The Morgan fingerprint density at radius 1 is 1.24 bits per heavy atom. The molecule has 21 heavy (non-hydrogen) atoms. The fourth-order valence-electron chi connectivity index (χ4n) is 2.55. The van der Waals surface area contributed by atoms with Crippen LogP contribution in [0.15, 0.2) is 24.3 Å². The quantitative estimate of drug-likeness (QED) is 0.835. The Hall–Kier alpha value is -1.59. The second-order valence-corrected chi connectivity index (χ2v) is 5.64. The zero-order chi connectivity index (χ0) is 14.5. The number of ether oxygens (including phenoxy) is 1. The van der Waals surface area contributed by atoms with Gasteiger partial charge in [-0.2, -0.15) is 0 Å². The Morgan fingerprint density at radius 2 is 2.00 bits per heavy atom. The van der Waals surface area contributed by atoms with Crippen molar-refractivity contribution in [3.05, 3.63) is 24.3 Å². The predicted octanol–water partition coefficient (Wildman–Crippen LogP) is 1.60. The van der Waals surface area contributed by atoms with Gasteiger partial charge in [-0.25, -0.2) is 0 Å². The van der Waals surface area contributed by atoms with Crippen molar-refractivity contribution in [2.45, 2.75) is 25.3 Å². The molecule has 114 valence electrons. The molecule has 1 saturated carbocycles. The maximum atomic E-state index is 12.1. The predicted molar refractivity (Wildman–Crippen MR) is 83.7 cm³/mol. The highest BCUT2D eigenvalue weighted by atomic mass is 16.5. The van der Waals surface area contributed by atoms with Crippen LogP contribution in [0.4, 0.5) is 11.4 Å². The molecule has 0 spiro atoms. The van der Waals surface area contributed by atoms with Gasteiger partial charge in [-0.1, -0.05) is 12.1 Å². The largest absolute Gasteiger partial charge is 0.378 e. The first-order chi connectivity index (χ1) is 10.3. The molecule has 0 radical (unpaired) electrons. The fourth-order valence-corrected chi connectivity index (χ4v) is 2.55. The van der Waals surface area contributed by atoms with Gasteiger partial charge in [0.25, 0.3) is 0 Å². The number of para-hydroxylation sites is 2. The first-order valence-corrected chi connectivity index (χ1v) is 7.78. The van der Waals surface area contributed by atoms with E-state index in [1.54, 1.807) is 0 Å². The van der Waals surface area contributed by atoms with E-state index in [0.717, 1.165) is 44.2 Å². The van der Waals surface area contributed by atoms with E-state index in [-0.39, 0.29) is 5.91 Å². The molecular weight excluding hydrogens is 266 g/mol. The summed E-state index contributed by atoms with van der Waals surface area (Å²) in [6.45, 7) is 3.99. The highest BCUT2D eigenvalue weighted by Crippen LogP contribution is 2.26. The van der Waals surface area contributed by atoms with Gasteiger partial charge >= 0.3 is 0 Å². The van der Waals surface area contributed by atoms with Gasteiger partial charge in [0.15, 0.2) is 0 Å². The summed E-state index contributed by atoms with van der Waals surface area (Å²) in [7, 11) is 0. The average molecular weight is 289 g/mol. The van der Waals surface area contributed by atoms with E-state index in [9.17, 15) is 4.79 Å². The lowest BCUT2D eigenvalue weighted by Gasteiger charge is -2.30. The molecule has 1 aromatic carbocycles. The van der Waals surface area contributed by atoms with Gasteiger partial charge in [0.05, 0.1) is 24.6 Å². The summed E-state index contributed by atoms with van der Waals surface area (Å²) < 4.78 is 5.39. The summed E-state index contributed by atoms with van der Waals surface area (Å²) >= 11 is 0. The third-order valence-electron chi connectivity index (χ3n) is 3.89. The van der Waals surface area contributed by atoms with Gasteiger partial charge in [-0.3, -0.25) is 4.79 Å². The van der Waals surface area contributed by atoms with Crippen LogP contribution in [0.25, 0.3) is 0 Å². The molecule has 1 saturated heterocycles. The number of hydrogen-bond donors (Lipinski definition) is 2. The lowest BCUT2D eigenvalue weighted by atomic mass is 10.2. The van der Waals surface area contributed by atoms with E-state index in [1.165, 1.54) is 12.8 Å². The number of rotatable bonds is 6. The molecule has 5 heteroatoms. The van der Waals surface area contributed by atoms with Crippen LogP contribution in [-0.4, -0.2) is 44.8 Å². The second-order valence-electron chi connectivity index (χ2n) is 5.64. The van der Waals surface area contributed by atoms with Crippen LogP contribution in [0.1, 0.15) is 19.3 Å². The molecule has 0 unspecified atom stereocenters. The van der Waals surface area contributed by atoms with E-state index < -0.39 is 0 Å². The van der Waals surface area contributed by atoms with Crippen molar-refractivity contribution in [3.8, 4) is 0 Å². The molecule has 1 aliphatic carbocycles. The van der Waals surface area contributed by atoms with Crippen molar-refractivity contribution in [2.75, 3.05) is 43.1 Å². The van der Waals surface area contributed by atoms with E-state index in [2.05, 4.69) is 21.6 Å². The van der Waals surface area contributed by atoms with Crippen LogP contribution in [0.3, 0.4) is 0 Å². The molecule has 1 amide bonds. The van der Waals surface area contributed by atoms with Crippen LogP contribution in [0, 0.1) is 0 Å². The minimum absolute atomic E-state index is 0.0730. The summed E-state index contributed by atoms with van der Waals surface area (Å²) in [4.78, 5) is 14.3. The second kappa shape index (κ2) is 6.91. The first kappa shape index (κ1) is 14.4. The van der Waals surface area contributed by atoms with E-state index in [4.69, 9.17) is 4.74 Å². The maximum absolute atomic E-state index is 12.1. The van der Waals surface area contributed by atoms with Crippen molar-refractivity contribution in [3.63, 3.8) is 0 Å². The summed E-state index contributed by atoms with van der Waals surface area (Å²) in [6, 6.07) is 8.65. The number of nitrogens with one attached hydrogen (secondary N) is 2. The fraction of sp³-hybridized carbons (Fsp3) is 0.562. The number of carbonyl (C=O) groups excluding carboxylic acids is 1.